The molecule has 2 aromatic heterocycles. The summed E-state index contributed by atoms with van der Waals surface area (Å²) in [5, 5.41) is 5.25. The van der Waals surface area contributed by atoms with Crippen molar-refractivity contribution in [3.8, 4) is 28.9 Å². The summed E-state index contributed by atoms with van der Waals surface area (Å²) >= 11 is 6.86. The molecule has 0 unspecified atom stereocenters. The lowest BCUT2D eigenvalue weighted by molar-refractivity contribution is 0.0238. The Morgan fingerprint density at radius 3 is 2.50 bits per heavy atom. The fourth-order valence-corrected chi connectivity index (χ4v) is 5.96. The Balaban J connectivity index is 1.56. The highest BCUT2D eigenvalue weighted by molar-refractivity contribution is 6.36. The first-order valence-corrected chi connectivity index (χ1v) is 16.2. The molecule has 12 heteroatoms. The van der Waals surface area contributed by atoms with E-state index in [4.69, 9.17) is 40.3 Å². The van der Waals surface area contributed by atoms with Gasteiger partial charge in [-0.3, -0.25) is 0 Å². The molecule has 1 aliphatic heterocycles. The van der Waals surface area contributed by atoms with Crippen molar-refractivity contribution in [3.63, 3.8) is 0 Å². The molecular formula is C36H44ClN5O6. The minimum Gasteiger partial charge on any atom is -0.497 e. The molecule has 1 N–H and O–H groups in total. The number of carbonyl (C=O) groups is 1. The molecular weight excluding hydrogens is 634 g/mol. The van der Waals surface area contributed by atoms with Crippen LogP contribution in [0.2, 0.25) is 5.02 Å². The standard InChI is InChI=1S/C36H44ClN5O6/c1-21-10-13-28(45-8)22(2)32(21)47-34-31-26(17-30(40-34)42-15-14-24(20-42)41(6)35(43)48-36(3,4)5)27(37)19-39-33(31)38-18-23-11-12-25(44-7)16-29(23)46-9/h10-13,16-17,19,24H,14-15,18,20H2,1-9H3,(H,38,39)/t24-/m1/s1. The summed E-state index contributed by atoms with van der Waals surface area (Å²) in [6.45, 7) is 11.2. The van der Waals surface area contributed by atoms with Crippen molar-refractivity contribution in [2.75, 3.05) is 51.7 Å². The van der Waals surface area contributed by atoms with Gasteiger partial charge >= 0.3 is 6.09 Å². The number of aryl methyl sites for hydroxylation is 1. The molecule has 4 aromatic rings. The number of aromatic nitrogens is 2. The van der Waals surface area contributed by atoms with Gasteiger partial charge in [-0.1, -0.05) is 17.7 Å². The van der Waals surface area contributed by atoms with Crippen molar-refractivity contribution >= 4 is 40.1 Å². The molecule has 1 fully saturated rings. The van der Waals surface area contributed by atoms with Gasteiger partial charge < -0.3 is 38.8 Å². The number of likely N-dealkylation sites (N-methyl/N-ethyl adjacent to an activating group) is 1. The van der Waals surface area contributed by atoms with E-state index in [9.17, 15) is 4.79 Å². The van der Waals surface area contributed by atoms with Crippen LogP contribution in [0.5, 0.6) is 28.9 Å². The normalized spacial score (nSPS) is 14.5. The van der Waals surface area contributed by atoms with E-state index in [-0.39, 0.29) is 12.1 Å². The Bertz CT molecular complexity index is 1810. The number of hydrogen-bond acceptors (Lipinski definition) is 10. The van der Waals surface area contributed by atoms with Gasteiger partial charge in [0.15, 0.2) is 0 Å². The number of fused-ring (bicyclic) bond motifs is 1. The summed E-state index contributed by atoms with van der Waals surface area (Å²) in [5.74, 6) is 4.26. The zero-order valence-corrected chi connectivity index (χ0v) is 29.8. The number of anilines is 2. The molecule has 0 radical (unpaired) electrons. The maximum Gasteiger partial charge on any atom is 0.410 e. The molecule has 1 saturated heterocycles. The third kappa shape index (κ3) is 7.41. The van der Waals surface area contributed by atoms with Crippen molar-refractivity contribution in [2.45, 2.75) is 59.2 Å². The molecule has 11 nitrogen and oxygen atoms in total. The number of carbonyl (C=O) groups excluding carboxylic acids is 1. The van der Waals surface area contributed by atoms with Crippen LogP contribution in [0, 0.1) is 13.8 Å². The number of halogens is 1. The Labute approximate surface area is 287 Å². The number of pyridine rings is 2. The molecule has 0 bridgehead atoms. The van der Waals surface area contributed by atoms with Gasteiger partial charge in [0.05, 0.1) is 37.8 Å². The molecule has 3 heterocycles. The number of rotatable bonds is 10. The topological polar surface area (TPSA) is 108 Å². The van der Waals surface area contributed by atoms with E-state index >= 15 is 0 Å². The molecule has 1 amide bonds. The molecule has 1 aliphatic rings. The van der Waals surface area contributed by atoms with Crippen LogP contribution in [0.25, 0.3) is 10.8 Å². The van der Waals surface area contributed by atoms with Crippen LogP contribution in [-0.4, -0.2) is 74.1 Å². The zero-order chi connectivity index (χ0) is 34.7. The van der Waals surface area contributed by atoms with Gasteiger partial charge in [0.2, 0.25) is 5.88 Å². The Hall–Kier alpha value is -4.64. The third-order valence-electron chi connectivity index (χ3n) is 8.40. The summed E-state index contributed by atoms with van der Waals surface area (Å²) < 4.78 is 28.9. The summed E-state index contributed by atoms with van der Waals surface area (Å²) in [4.78, 5) is 26.4. The van der Waals surface area contributed by atoms with Gasteiger partial charge in [0, 0.05) is 55.5 Å². The molecule has 0 aliphatic carbocycles. The highest BCUT2D eigenvalue weighted by Crippen LogP contribution is 2.42. The molecule has 5 rings (SSSR count). The van der Waals surface area contributed by atoms with Crippen LogP contribution in [0.3, 0.4) is 0 Å². The lowest BCUT2D eigenvalue weighted by Crippen LogP contribution is -2.42. The molecule has 2 aromatic carbocycles. The largest absolute Gasteiger partial charge is 0.497 e. The van der Waals surface area contributed by atoms with Crippen LogP contribution < -0.4 is 29.2 Å². The van der Waals surface area contributed by atoms with Crippen LogP contribution in [0.15, 0.2) is 42.6 Å². The van der Waals surface area contributed by atoms with Crippen LogP contribution in [-0.2, 0) is 11.3 Å². The van der Waals surface area contributed by atoms with E-state index in [0.29, 0.717) is 70.6 Å². The Morgan fingerprint density at radius 1 is 1.06 bits per heavy atom. The van der Waals surface area contributed by atoms with Gasteiger partial charge in [-0.15, -0.1) is 0 Å². The number of nitrogens with one attached hydrogen (secondary N) is 1. The van der Waals surface area contributed by atoms with Gasteiger partial charge in [0.25, 0.3) is 0 Å². The van der Waals surface area contributed by atoms with Gasteiger partial charge in [-0.05, 0) is 70.9 Å². The minimum atomic E-state index is -0.582. The number of ether oxygens (including phenoxy) is 5. The average molecular weight is 678 g/mol. The monoisotopic (exact) mass is 677 g/mol. The Morgan fingerprint density at radius 2 is 1.81 bits per heavy atom. The van der Waals surface area contributed by atoms with E-state index in [1.807, 2.05) is 71.0 Å². The lowest BCUT2D eigenvalue weighted by atomic mass is 10.1. The summed E-state index contributed by atoms with van der Waals surface area (Å²) in [7, 11) is 6.65. The second-order valence-electron chi connectivity index (χ2n) is 12.8. The highest BCUT2D eigenvalue weighted by Gasteiger charge is 2.32. The first kappa shape index (κ1) is 34.7. The smallest absolute Gasteiger partial charge is 0.410 e. The maximum atomic E-state index is 12.8. The number of nitrogens with zero attached hydrogens (tertiary/aromatic N) is 4. The fraction of sp³-hybridized carbons (Fsp3) is 0.417. The summed E-state index contributed by atoms with van der Waals surface area (Å²) in [6.07, 6.45) is 2.02. The van der Waals surface area contributed by atoms with Gasteiger partial charge in [-0.25, -0.2) is 9.78 Å². The van der Waals surface area contributed by atoms with Crippen molar-refractivity contribution in [3.05, 3.63) is 64.3 Å². The quantitative estimate of drug-likeness (QED) is 0.179. The van der Waals surface area contributed by atoms with Crippen molar-refractivity contribution in [1.82, 2.24) is 14.9 Å². The highest BCUT2D eigenvalue weighted by atomic mass is 35.5. The molecule has 0 spiro atoms. The SMILES string of the molecule is COc1ccc(CNc2ncc(Cl)c3cc(N4CC[C@@H](N(C)C(=O)OC(C)(C)C)C4)nc(Oc4c(C)ccc(OC)c4C)c23)c(OC)c1. The fourth-order valence-electron chi connectivity index (χ4n) is 5.76. The third-order valence-corrected chi connectivity index (χ3v) is 8.70. The first-order chi connectivity index (χ1) is 22.8. The van der Waals surface area contributed by atoms with Crippen LogP contribution in [0.1, 0.15) is 43.9 Å². The van der Waals surface area contributed by atoms with E-state index in [0.717, 1.165) is 28.5 Å². The molecule has 1 atom stereocenters. The zero-order valence-electron chi connectivity index (χ0n) is 29.1. The molecule has 48 heavy (non-hydrogen) atoms. The number of methoxy groups -OCH3 is 3. The summed E-state index contributed by atoms with van der Waals surface area (Å²) in [6, 6.07) is 11.4. The van der Waals surface area contributed by atoms with Crippen LogP contribution in [0.4, 0.5) is 16.4 Å². The van der Waals surface area contributed by atoms with E-state index in [2.05, 4.69) is 15.2 Å². The van der Waals surface area contributed by atoms with Gasteiger partial charge in [-0.2, -0.15) is 4.98 Å². The van der Waals surface area contributed by atoms with Crippen molar-refractivity contribution < 1.29 is 28.5 Å². The predicted molar refractivity (Wildman–Crippen MR) is 189 cm³/mol. The van der Waals surface area contributed by atoms with E-state index in [1.54, 1.807) is 39.5 Å². The average Bonchev–Trinajstić information content (AvgIpc) is 3.55. The number of hydrogen-bond donors (Lipinski definition) is 1. The van der Waals surface area contributed by atoms with Crippen molar-refractivity contribution in [1.29, 1.82) is 0 Å². The number of amides is 1. The number of benzene rings is 2. The van der Waals surface area contributed by atoms with Crippen molar-refractivity contribution in [2.24, 2.45) is 0 Å². The van der Waals surface area contributed by atoms with E-state index in [1.165, 1.54) is 0 Å². The van der Waals surface area contributed by atoms with Crippen LogP contribution >= 0.6 is 11.6 Å². The Kier molecular flexibility index (Phi) is 10.3. The lowest BCUT2D eigenvalue weighted by Gasteiger charge is -2.28. The minimum absolute atomic E-state index is 0.0609. The second kappa shape index (κ2) is 14.2. The first-order valence-electron chi connectivity index (χ1n) is 15.8. The van der Waals surface area contributed by atoms with E-state index < -0.39 is 5.60 Å². The second-order valence-corrected chi connectivity index (χ2v) is 13.2. The maximum absolute atomic E-state index is 12.8. The molecule has 0 saturated carbocycles. The predicted octanol–water partition coefficient (Wildman–Crippen LogP) is 7.78. The van der Waals surface area contributed by atoms with Gasteiger partial charge in [0.1, 0.15) is 40.2 Å². The molecule has 256 valence electrons. The summed E-state index contributed by atoms with van der Waals surface area (Å²) in [5.41, 5.74) is 2.08.